The summed E-state index contributed by atoms with van der Waals surface area (Å²) < 4.78 is 5.74. The molecular formula is C15H23N3O. The van der Waals surface area contributed by atoms with E-state index in [0.717, 1.165) is 31.8 Å². The maximum absolute atomic E-state index is 5.74. The van der Waals surface area contributed by atoms with Gasteiger partial charge in [-0.15, -0.1) is 0 Å². The van der Waals surface area contributed by atoms with Crippen molar-refractivity contribution in [1.82, 2.24) is 0 Å². The Morgan fingerprint density at radius 1 is 1.26 bits per heavy atom. The minimum atomic E-state index is 0.681. The first-order chi connectivity index (χ1) is 9.40. The van der Waals surface area contributed by atoms with Crippen molar-refractivity contribution in [3.05, 3.63) is 24.3 Å². The standard InChI is InChI=1S/C15H23N3O/c16-13-17-8-5-11-19-15-7-4-6-14(12-15)18-9-2-1-3-10-18/h4,6-7,12-13H,1-3,5,8-11H2,(H2,16,17). The molecule has 1 aromatic rings. The van der Waals surface area contributed by atoms with Gasteiger partial charge in [0.2, 0.25) is 0 Å². The average molecular weight is 261 g/mol. The van der Waals surface area contributed by atoms with Crippen molar-refractivity contribution >= 4 is 12.0 Å². The number of anilines is 1. The van der Waals surface area contributed by atoms with Gasteiger partial charge in [0.25, 0.3) is 0 Å². The molecule has 1 aromatic carbocycles. The predicted octanol–water partition coefficient (Wildman–Crippen LogP) is 2.43. The van der Waals surface area contributed by atoms with E-state index in [0.29, 0.717) is 6.61 Å². The molecule has 0 atom stereocenters. The fraction of sp³-hybridized carbons (Fsp3) is 0.533. The Labute approximate surface area is 115 Å². The second-order valence-electron chi connectivity index (χ2n) is 4.80. The van der Waals surface area contributed by atoms with E-state index in [1.807, 2.05) is 6.07 Å². The van der Waals surface area contributed by atoms with Crippen LogP contribution in [0.2, 0.25) is 0 Å². The maximum Gasteiger partial charge on any atom is 0.121 e. The number of hydrogen-bond donors (Lipinski definition) is 1. The molecule has 1 aliphatic rings. The third kappa shape index (κ3) is 4.47. The molecule has 0 amide bonds. The van der Waals surface area contributed by atoms with Crippen LogP contribution in [0.1, 0.15) is 25.7 Å². The molecule has 1 fully saturated rings. The summed E-state index contributed by atoms with van der Waals surface area (Å²) in [4.78, 5) is 6.40. The first-order valence-electron chi connectivity index (χ1n) is 7.08. The van der Waals surface area contributed by atoms with Crippen molar-refractivity contribution < 1.29 is 4.74 Å². The van der Waals surface area contributed by atoms with Crippen molar-refractivity contribution in [2.45, 2.75) is 25.7 Å². The lowest BCUT2D eigenvalue weighted by molar-refractivity contribution is 0.313. The van der Waals surface area contributed by atoms with E-state index < -0.39 is 0 Å². The topological polar surface area (TPSA) is 50.9 Å². The molecule has 0 saturated carbocycles. The van der Waals surface area contributed by atoms with Crippen LogP contribution in [0.25, 0.3) is 0 Å². The molecule has 1 aliphatic heterocycles. The van der Waals surface area contributed by atoms with E-state index in [1.165, 1.54) is 31.3 Å². The summed E-state index contributed by atoms with van der Waals surface area (Å²) >= 11 is 0. The highest BCUT2D eigenvalue weighted by atomic mass is 16.5. The van der Waals surface area contributed by atoms with E-state index >= 15 is 0 Å². The first-order valence-corrected chi connectivity index (χ1v) is 7.08. The number of benzene rings is 1. The molecule has 0 unspecified atom stereocenters. The van der Waals surface area contributed by atoms with Gasteiger partial charge < -0.3 is 15.4 Å². The highest BCUT2D eigenvalue weighted by molar-refractivity contribution is 5.51. The number of piperidine rings is 1. The average Bonchev–Trinajstić information content (AvgIpc) is 2.48. The zero-order valence-electron chi connectivity index (χ0n) is 11.4. The van der Waals surface area contributed by atoms with Crippen LogP contribution in [0.4, 0.5) is 5.69 Å². The van der Waals surface area contributed by atoms with Crippen LogP contribution in [0, 0.1) is 0 Å². The molecule has 4 nitrogen and oxygen atoms in total. The van der Waals surface area contributed by atoms with Crippen molar-refractivity contribution in [2.24, 2.45) is 10.7 Å². The third-order valence-electron chi connectivity index (χ3n) is 3.34. The molecule has 0 spiro atoms. The number of nitrogens with two attached hydrogens (primary N) is 1. The second-order valence-corrected chi connectivity index (χ2v) is 4.80. The van der Waals surface area contributed by atoms with Gasteiger partial charge in [0, 0.05) is 37.8 Å². The van der Waals surface area contributed by atoms with Crippen LogP contribution in [-0.4, -0.2) is 32.6 Å². The molecule has 0 bridgehead atoms. The van der Waals surface area contributed by atoms with Crippen LogP contribution < -0.4 is 15.4 Å². The van der Waals surface area contributed by atoms with Gasteiger partial charge in [-0.05, 0) is 31.4 Å². The number of hydrogen-bond acceptors (Lipinski definition) is 3. The lowest BCUT2D eigenvalue weighted by atomic mass is 10.1. The highest BCUT2D eigenvalue weighted by Gasteiger charge is 2.11. The zero-order valence-corrected chi connectivity index (χ0v) is 11.4. The monoisotopic (exact) mass is 261 g/mol. The quantitative estimate of drug-likeness (QED) is 0.486. The minimum Gasteiger partial charge on any atom is -0.493 e. The highest BCUT2D eigenvalue weighted by Crippen LogP contribution is 2.24. The zero-order chi connectivity index (χ0) is 13.3. The summed E-state index contributed by atoms with van der Waals surface area (Å²) in [6.45, 7) is 3.73. The van der Waals surface area contributed by atoms with Crippen LogP contribution in [-0.2, 0) is 0 Å². The van der Waals surface area contributed by atoms with Crippen LogP contribution in [0.3, 0.4) is 0 Å². The largest absolute Gasteiger partial charge is 0.493 e. The molecule has 104 valence electrons. The summed E-state index contributed by atoms with van der Waals surface area (Å²) in [5, 5.41) is 0. The Morgan fingerprint density at radius 3 is 2.89 bits per heavy atom. The van der Waals surface area contributed by atoms with Gasteiger partial charge in [-0.2, -0.15) is 0 Å². The number of nitrogens with zero attached hydrogens (tertiary/aromatic N) is 2. The smallest absolute Gasteiger partial charge is 0.121 e. The fourth-order valence-corrected chi connectivity index (χ4v) is 2.34. The summed E-state index contributed by atoms with van der Waals surface area (Å²) in [6, 6.07) is 8.38. The number of ether oxygens (including phenoxy) is 1. The molecule has 19 heavy (non-hydrogen) atoms. The molecule has 2 N–H and O–H groups in total. The van der Waals surface area contributed by atoms with E-state index in [4.69, 9.17) is 10.5 Å². The summed E-state index contributed by atoms with van der Waals surface area (Å²) in [5.41, 5.74) is 6.46. The van der Waals surface area contributed by atoms with Gasteiger partial charge in [0.15, 0.2) is 0 Å². The number of aliphatic imine (C=N–C) groups is 1. The van der Waals surface area contributed by atoms with Crippen molar-refractivity contribution in [1.29, 1.82) is 0 Å². The van der Waals surface area contributed by atoms with Gasteiger partial charge >= 0.3 is 0 Å². The van der Waals surface area contributed by atoms with Crippen LogP contribution in [0.15, 0.2) is 29.3 Å². The van der Waals surface area contributed by atoms with Gasteiger partial charge in [0.05, 0.1) is 12.9 Å². The lowest BCUT2D eigenvalue weighted by Gasteiger charge is -2.29. The Bertz CT molecular complexity index is 400. The third-order valence-corrected chi connectivity index (χ3v) is 3.34. The van der Waals surface area contributed by atoms with Crippen molar-refractivity contribution in [3.8, 4) is 5.75 Å². The van der Waals surface area contributed by atoms with E-state index in [1.54, 1.807) is 0 Å². The Kier molecular flexibility index (Phi) is 5.53. The summed E-state index contributed by atoms with van der Waals surface area (Å²) in [5.74, 6) is 0.944. The molecule has 0 radical (unpaired) electrons. The molecule has 1 heterocycles. The van der Waals surface area contributed by atoms with Gasteiger partial charge in [-0.1, -0.05) is 6.07 Å². The van der Waals surface area contributed by atoms with Gasteiger partial charge in [-0.25, -0.2) is 0 Å². The Balaban J connectivity index is 1.84. The Hall–Kier alpha value is -1.71. The molecule has 4 heteroatoms. The number of rotatable bonds is 6. The van der Waals surface area contributed by atoms with E-state index in [-0.39, 0.29) is 0 Å². The molecular weight excluding hydrogens is 238 g/mol. The fourth-order valence-electron chi connectivity index (χ4n) is 2.34. The molecule has 0 aromatic heterocycles. The molecule has 1 saturated heterocycles. The predicted molar refractivity (Wildman–Crippen MR) is 80.2 cm³/mol. The normalized spacial score (nSPS) is 15.9. The second kappa shape index (κ2) is 7.67. The first kappa shape index (κ1) is 13.7. The van der Waals surface area contributed by atoms with Crippen LogP contribution >= 0.6 is 0 Å². The van der Waals surface area contributed by atoms with Gasteiger partial charge in [0.1, 0.15) is 5.75 Å². The maximum atomic E-state index is 5.74. The summed E-state index contributed by atoms with van der Waals surface area (Å²) in [6.07, 6.45) is 6.18. The Morgan fingerprint density at radius 2 is 2.11 bits per heavy atom. The van der Waals surface area contributed by atoms with Gasteiger partial charge in [-0.3, -0.25) is 4.99 Å². The van der Waals surface area contributed by atoms with Crippen LogP contribution in [0.5, 0.6) is 5.75 Å². The summed E-state index contributed by atoms with van der Waals surface area (Å²) in [7, 11) is 0. The van der Waals surface area contributed by atoms with E-state index in [2.05, 4.69) is 28.1 Å². The SMILES string of the molecule is NC=NCCCOc1cccc(N2CCCCC2)c1. The molecule has 0 aliphatic carbocycles. The van der Waals surface area contributed by atoms with E-state index in [9.17, 15) is 0 Å². The van der Waals surface area contributed by atoms with Crippen molar-refractivity contribution in [2.75, 3.05) is 31.1 Å². The molecule has 2 rings (SSSR count). The van der Waals surface area contributed by atoms with Crippen molar-refractivity contribution in [3.63, 3.8) is 0 Å². The minimum absolute atomic E-state index is 0.681. The lowest BCUT2D eigenvalue weighted by Crippen LogP contribution is -2.29.